The van der Waals surface area contributed by atoms with E-state index in [4.69, 9.17) is 9.47 Å². The molecule has 0 unspecified atom stereocenters. The van der Waals surface area contributed by atoms with Gasteiger partial charge in [0.05, 0.1) is 17.9 Å². The largest absolute Gasteiger partial charge is 0.462 e. The molecule has 2 N–H and O–H groups in total. The molecule has 6 nitrogen and oxygen atoms in total. The van der Waals surface area contributed by atoms with E-state index in [2.05, 4.69) is 4.98 Å². The SMILES string of the molecule is CCOC(=O)c1c(C)[nH]c(C(=O)C[NH+]2C[C@H](C)O[C@@H](C)C2)c1C. The Morgan fingerprint density at radius 3 is 2.43 bits per heavy atom. The molecule has 1 fully saturated rings. The van der Waals surface area contributed by atoms with Crippen LogP contribution in [-0.4, -0.2) is 55.2 Å². The van der Waals surface area contributed by atoms with Crippen LogP contribution in [0.5, 0.6) is 0 Å². The van der Waals surface area contributed by atoms with Gasteiger partial charge in [-0.3, -0.25) is 4.79 Å². The number of aromatic amines is 1. The van der Waals surface area contributed by atoms with Crippen molar-refractivity contribution >= 4 is 11.8 Å². The van der Waals surface area contributed by atoms with Gasteiger partial charge in [0.15, 0.2) is 0 Å². The fraction of sp³-hybridized carbons (Fsp3) is 0.647. The standard InChI is InChI=1S/C17H26N2O4/c1-6-22-17(21)15-12(4)16(18-13(15)5)14(20)9-19-7-10(2)23-11(3)8-19/h10-11,18H,6-9H2,1-5H3/p+1/t10-,11-/m0/s1. The Balaban J connectivity index is 2.14. The molecule has 1 aromatic rings. The van der Waals surface area contributed by atoms with E-state index in [1.807, 2.05) is 13.8 Å². The van der Waals surface area contributed by atoms with Crippen LogP contribution >= 0.6 is 0 Å². The first-order chi connectivity index (χ1) is 10.8. The molecule has 0 saturated carbocycles. The molecule has 0 amide bonds. The van der Waals surface area contributed by atoms with Crippen LogP contribution in [0.3, 0.4) is 0 Å². The number of esters is 1. The van der Waals surface area contributed by atoms with Gasteiger partial charge in [-0.25, -0.2) is 4.79 Å². The number of rotatable bonds is 5. The summed E-state index contributed by atoms with van der Waals surface area (Å²) in [5, 5.41) is 0. The third-order valence-corrected chi connectivity index (χ3v) is 4.22. The van der Waals surface area contributed by atoms with E-state index in [9.17, 15) is 9.59 Å². The molecule has 23 heavy (non-hydrogen) atoms. The maximum absolute atomic E-state index is 12.6. The molecule has 1 saturated heterocycles. The topological polar surface area (TPSA) is 72.8 Å². The number of quaternary nitrogens is 1. The van der Waals surface area contributed by atoms with E-state index in [1.54, 1.807) is 20.8 Å². The highest BCUT2D eigenvalue weighted by molar-refractivity contribution is 6.01. The summed E-state index contributed by atoms with van der Waals surface area (Å²) in [6, 6.07) is 0. The van der Waals surface area contributed by atoms with Crippen molar-refractivity contribution < 1.29 is 24.0 Å². The molecular formula is C17H27N2O4+. The molecule has 1 aromatic heterocycles. The summed E-state index contributed by atoms with van der Waals surface area (Å²) in [6.45, 7) is 11.8. The third kappa shape index (κ3) is 4.00. The Morgan fingerprint density at radius 2 is 1.87 bits per heavy atom. The number of aryl methyl sites for hydroxylation is 1. The molecule has 0 radical (unpaired) electrons. The monoisotopic (exact) mass is 323 g/mol. The minimum Gasteiger partial charge on any atom is -0.462 e. The zero-order chi connectivity index (χ0) is 17.1. The zero-order valence-corrected chi connectivity index (χ0v) is 14.6. The lowest BCUT2D eigenvalue weighted by Gasteiger charge is -2.31. The lowest BCUT2D eigenvalue weighted by Crippen LogP contribution is -3.16. The predicted molar refractivity (Wildman–Crippen MR) is 86.1 cm³/mol. The number of carbonyl (C=O) groups excluding carboxylic acids is 2. The maximum Gasteiger partial charge on any atom is 0.340 e. The van der Waals surface area contributed by atoms with Crippen molar-refractivity contribution in [3.63, 3.8) is 0 Å². The van der Waals surface area contributed by atoms with Gasteiger partial charge >= 0.3 is 5.97 Å². The highest BCUT2D eigenvalue weighted by atomic mass is 16.5. The maximum atomic E-state index is 12.6. The van der Waals surface area contributed by atoms with Crippen LogP contribution in [0.1, 0.15) is 52.9 Å². The summed E-state index contributed by atoms with van der Waals surface area (Å²) in [6.07, 6.45) is 0.311. The molecule has 0 aromatic carbocycles. The van der Waals surface area contributed by atoms with Crippen LogP contribution in [0, 0.1) is 13.8 Å². The summed E-state index contributed by atoms with van der Waals surface area (Å²) in [5.74, 6) is -0.351. The van der Waals surface area contributed by atoms with Gasteiger partial charge in [0, 0.05) is 5.69 Å². The van der Waals surface area contributed by atoms with Crippen LogP contribution in [0.2, 0.25) is 0 Å². The van der Waals surface area contributed by atoms with E-state index in [0.29, 0.717) is 35.7 Å². The lowest BCUT2D eigenvalue weighted by atomic mass is 10.1. The van der Waals surface area contributed by atoms with Gasteiger partial charge in [-0.2, -0.15) is 0 Å². The van der Waals surface area contributed by atoms with Gasteiger partial charge in [-0.15, -0.1) is 0 Å². The molecule has 1 aliphatic rings. The number of H-pyrrole nitrogens is 1. The smallest absolute Gasteiger partial charge is 0.340 e. The van der Waals surface area contributed by atoms with Gasteiger partial charge in [0.25, 0.3) is 0 Å². The number of ether oxygens (including phenoxy) is 2. The average molecular weight is 323 g/mol. The molecule has 2 heterocycles. The van der Waals surface area contributed by atoms with E-state index >= 15 is 0 Å². The summed E-state index contributed by atoms with van der Waals surface area (Å²) in [5.41, 5.74) is 2.36. The number of nitrogens with one attached hydrogen (secondary N) is 2. The zero-order valence-electron chi connectivity index (χ0n) is 14.6. The summed E-state index contributed by atoms with van der Waals surface area (Å²) in [4.78, 5) is 29.0. The molecule has 2 atom stereocenters. The number of ketones is 1. The molecular weight excluding hydrogens is 296 g/mol. The summed E-state index contributed by atoms with van der Waals surface area (Å²) < 4.78 is 10.8. The van der Waals surface area contributed by atoms with Crippen LogP contribution in [0.15, 0.2) is 0 Å². The second-order valence-corrected chi connectivity index (χ2v) is 6.36. The number of carbonyl (C=O) groups is 2. The van der Waals surface area contributed by atoms with Crippen molar-refractivity contribution in [1.82, 2.24) is 4.98 Å². The fourth-order valence-corrected chi connectivity index (χ4v) is 3.39. The number of morpholine rings is 1. The lowest BCUT2D eigenvalue weighted by molar-refractivity contribution is -0.906. The molecule has 128 valence electrons. The molecule has 0 aliphatic carbocycles. The predicted octanol–water partition coefficient (Wildman–Crippen LogP) is 0.683. The first-order valence-electron chi connectivity index (χ1n) is 8.21. The quantitative estimate of drug-likeness (QED) is 0.617. The van der Waals surface area contributed by atoms with Crippen molar-refractivity contribution in [3.05, 3.63) is 22.5 Å². The van der Waals surface area contributed by atoms with Crippen molar-refractivity contribution in [3.8, 4) is 0 Å². The van der Waals surface area contributed by atoms with Crippen molar-refractivity contribution in [2.45, 2.75) is 46.8 Å². The molecule has 0 bridgehead atoms. The first kappa shape index (κ1) is 17.7. The molecule has 0 spiro atoms. The Hall–Kier alpha value is -1.66. The second-order valence-electron chi connectivity index (χ2n) is 6.36. The van der Waals surface area contributed by atoms with Crippen molar-refractivity contribution in [1.29, 1.82) is 0 Å². The van der Waals surface area contributed by atoms with Crippen LogP contribution in [0.4, 0.5) is 0 Å². The van der Waals surface area contributed by atoms with E-state index in [1.165, 1.54) is 4.90 Å². The van der Waals surface area contributed by atoms with Gasteiger partial charge in [-0.1, -0.05) is 0 Å². The minimum atomic E-state index is -0.376. The normalized spacial score (nSPS) is 24.5. The van der Waals surface area contributed by atoms with Gasteiger partial charge in [-0.05, 0) is 40.2 Å². The molecule has 1 aliphatic heterocycles. The Morgan fingerprint density at radius 1 is 1.26 bits per heavy atom. The highest BCUT2D eigenvalue weighted by Crippen LogP contribution is 2.19. The third-order valence-electron chi connectivity index (χ3n) is 4.22. The van der Waals surface area contributed by atoms with E-state index in [0.717, 1.165) is 13.1 Å². The number of aromatic nitrogens is 1. The summed E-state index contributed by atoms with van der Waals surface area (Å²) >= 11 is 0. The van der Waals surface area contributed by atoms with Crippen molar-refractivity contribution in [2.24, 2.45) is 0 Å². The number of hydrogen-bond acceptors (Lipinski definition) is 4. The van der Waals surface area contributed by atoms with Crippen LogP contribution in [0.25, 0.3) is 0 Å². The number of hydrogen-bond donors (Lipinski definition) is 2. The van der Waals surface area contributed by atoms with Crippen LogP contribution < -0.4 is 4.90 Å². The second kappa shape index (κ2) is 7.27. The van der Waals surface area contributed by atoms with E-state index in [-0.39, 0.29) is 24.0 Å². The number of Topliss-reactive ketones (excluding diaryl/α,β-unsaturated/α-hetero) is 1. The van der Waals surface area contributed by atoms with Gasteiger partial charge in [0.1, 0.15) is 31.8 Å². The molecule has 6 heteroatoms. The first-order valence-corrected chi connectivity index (χ1v) is 8.21. The van der Waals surface area contributed by atoms with Crippen molar-refractivity contribution in [2.75, 3.05) is 26.2 Å². The van der Waals surface area contributed by atoms with Gasteiger partial charge in [0.2, 0.25) is 5.78 Å². The Labute approximate surface area is 137 Å². The van der Waals surface area contributed by atoms with Gasteiger partial charge < -0.3 is 19.4 Å². The van der Waals surface area contributed by atoms with E-state index < -0.39 is 0 Å². The highest BCUT2D eigenvalue weighted by Gasteiger charge is 2.30. The van der Waals surface area contributed by atoms with Crippen LogP contribution in [-0.2, 0) is 9.47 Å². The minimum absolute atomic E-state index is 0.0254. The summed E-state index contributed by atoms with van der Waals surface area (Å²) in [7, 11) is 0. The molecule has 2 rings (SSSR count). The Bertz CT molecular complexity index is 584. The fourth-order valence-electron chi connectivity index (χ4n) is 3.39. The Kier molecular flexibility index (Phi) is 5.59. The average Bonchev–Trinajstić information content (AvgIpc) is 2.73.